The van der Waals surface area contributed by atoms with Crippen LogP contribution in [0, 0.1) is 19.8 Å². The lowest BCUT2D eigenvalue weighted by Crippen LogP contribution is -2.57. The number of methoxy groups -OCH3 is 1. The fourth-order valence-corrected chi connectivity index (χ4v) is 5.41. The average Bonchev–Trinajstić information content (AvgIpc) is 2.88. The zero-order valence-electron chi connectivity index (χ0n) is 24.1. The largest absolute Gasteiger partial charge is 0.457 e. The number of benzene rings is 2. The lowest BCUT2D eigenvalue weighted by molar-refractivity contribution is -0.0576. The second-order valence-corrected chi connectivity index (χ2v) is 11.4. The van der Waals surface area contributed by atoms with Crippen molar-refractivity contribution in [3.05, 3.63) is 59.2 Å². The molecule has 2 unspecified atom stereocenters. The number of nitrogens with one attached hydrogen (secondary N) is 2. The van der Waals surface area contributed by atoms with Gasteiger partial charge in [0.15, 0.2) is 0 Å². The van der Waals surface area contributed by atoms with Crippen LogP contribution in [0.4, 0.5) is 4.79 Å². The number of piperidine rings is 1. The van der Waals surface area contributed by atoms with Crippen molar-refractivity contribution in [2.24, 2.45) is 5.92 Å². The minimum Gasteiger partial charge on any atom is -0.457 e. The quantitative estimate of drug-likeness (QED) is 0.318. The first-order chi connectivity index (χ1) is 18.1. The molecule has 1 saturated heterocycles. The minimum absolute atomic E-state index is 0.0861. The molecule has 2 aromatic carbocycles. The summed E-state index contributed by atoms with van der Waals surface area (Å²) in [6.45, 7) is 10.6. The summed E-state index contributed by atoms with van der Waals surface area (Å²) in [6, 6.07) is 13.9. The van der Waals surface area contributed by atoms with E-state index < -0.39 is 5.60 Å². The van der Waals surface area contributed by atoms with Crippen LogP contribution in [0.3, 0.4) is 0 Å². The van der Waals surface area contributed by atoms with Crippen LogP contribution in [-0.4, -0.2) is 62.0 Å². The molecule has 2 aromatic rings. The SMILES string of the molecule is CNCC(C)(C)NC(=O)N1CCCC(C(O)(CCCCOC)c2cc(C)ccc2Oc2ccc(C)cc2)C1. The molecule has 7 nitrogen and oxygen atoms in total. The van der Waals surface area contributed by atoms with E-state index >= 15 is 0 Å². The summed E-state index contributed by atoms with van der Waals surface area (Å²) < 4.78 is 11.6. The molecule has 1 aliphatic rings. The van der Waals surface area contributed by atoms with E-state index in [1.807, 2.05) is 76.0 Å². The monoisotopic (exact) mass is 525 g/mol. The Labute approximate surface area is 228 Å². The summed E-state index contributed by atoms with van der Waals surface area (Å²) in [7, 11) is 3.58. The van der Waals surface area contributed by atoms with Crippen molar-refractivity contribution >= 4 is 6.03 Å². The van der Waals surface area contributed by atoms with Gasteiger partial charge >= 0.3 is 6.03 Å². The summed E-state index contributed by atoms with van der Waals surface area (Å²) in [6.07, 6.45) is 3.90. The number of amides is 2. The van der Waals surface area contributed by atoms with Crippen LogP contribution in [0.1, 0.15) is 62.6 Å². The van der Waals surface area contributed by atoms with E-state index in [1.54, 1.807) is 7.11 Å². The van der Waals surface area contributed by atoms with Gasteiger partial charge in [-0.2, -0.15) is 0 Å². The molecule has 1 aliphatic heterocycles. The Morgan fingerprint density at radius 2 is 1.82 bits per heavy atom. The number of nitrogens with zero attached hydrogens (tertiary/aromatic N) is 1. The van der Waals surface area contributed by atoms with E-state index in [1.165, 1.54) is 0 Å². The van der Waals surface area contributed by atoms with Gasteiger partial charge in [-0.3, -0.25) is 0 Å². The van der Waals surface area contributed by atoms with Crippen molar-refractivity contribution in [3.8, 4) is 11.5 Å². The van der Waals surface area contributed by atoms with E-state index in [0.29, 0.717) is 38.4 Å². The number of rotatable bonds is 12. The number of hydrogen-bond donors (Lipinski definition) is 3. The molecule has 38 heavy (non-hydrogen) atoms. The summed E-state index contributed by atoms with van der Waals surface area (Å²) in [5.41, 5.74) is 1.48. The van der Waals surface area contributed by atoms with E-state index in [4.69, 9.17) is 9.47 Å². The first-order valence-electron chi connectivity index (χ1n) is 13.9. The van der Waals surface area contributed by atoms with Crippen molar-refractivity contribution in [1.29, 1.82) is 0 Å². The maximum absolute atomic E-state index is 13.3. The highest BCUT2D eigenvalue weighted by atomic mass is 16.5. The smallest absolute Gasteiger partial charge is 0.317 e. The van der Waals surface area contributed by atoms with Gasteiger partial charge in [-0.15, -0.1) is 0 Å². The summed E-state index contributed by atoms with van der Waals surface area (Å²) in [4.78, 5) is 15.1. The third kappa shape index (κ3) is 7.95. The molecule has 2 atom stereocenters. The Balaban J connectivity index is 1.93. The molecule has 0 aromatic heterocycles. The summed E-state index contributed by atoms with van der Waals surface area (Å²) in [5, 5.41) is 18.9. The average molecular weight is 526 g/mol. The Bertz CT molecular complexity index is 1040. The highest BCUT2D eigenvalue weighted by Crippen LogP contribution is 2.44. The number of aryl methyl sites for hydroxylation is 2. The van der Waals surface area contributed by atoms with Crippen molar-refractivity contribution in [2.45, 2.75) is 70.9 Å². The highest BCUT2D eigenvalue weighted by Gasteiger charge is 2.43. The topological polar surface area (TPSA) is 83.1 Å². The molecule has 0 aliphatic carbocycles. The third-order valence-corrected chi connectivity index (χ3v) is 7.45. The normalized spacial score (nSPS) is 17.7. The minimum atomic E-state index is -1.15. The molecule has 0 spiro atoms. The fourth-order valence-electron chi connectivity index (χ4n) is 5.41. The molecule has 1 fully saturated rings. The summed E-state index contributed by atoms with van der Waals surface area (Å²) in [5.74, 6) is 1.27. The first kappa shape index (κ1) is 29.9. The Hall–Kier alpha value is -2.61. The molecule has 0 radical (unpaired) electrons. The molecule has 0 saturated carbocycles. The van der Waals surface area contributed by atoms with Crippen LogP contribution >= 0.6 is 0 Å². The van der Waals surface area contributed by atoms with Crippen LogP contribution in [0.25, 0.3) is 0 Å². The second-order valence-electron chi connectivity index (χ2n) is 11.4. The maximum Gasteiger partial charge on any atom is 0.317 e. The maximum atomic E-state index is 13.3. The number of carbonyl (C=O) groups excluding carboxylic acids is 1. The van der Waals surface area contributed by atoms with Crippen molar-refractivity contribution in [2.75, 3.05) is 40.4 Å². The lowest BCUT2D eigenvalue weighted by Gasteiger charge is -2.44. The zero-order chi connectivity index (χ0) is 27.8. The van der Waals surface area contributed by atoms with E-state index in [-0.39, 0.29) is 17.5 Å². The van der Waals surface area contributed by atoms with Crippen molar-refractivity contribution < 1.29 is 19.4 Å². The molecule has 1 heterocycles. The van der Waals surface area contributed by atoms with Gasteiger partial charge in [0.05, 0.1) is 5.60 Å². The van der Waals surface area contributed by atoms with E-state index in [2.05, 4.69) is 16.7 Å². The van der Waals surface area contributed by atoms with Gasteiger partial charge in [-0.25, -0.2) is 4.79 Å². The Kier molecular flexibility index (Phi) is 10.6. The molecule has 210 valence electrons. The molecule has 2 amide bonds. The molecular weight excluding hydrogens is 478 g/mol. The number of ether oxygens (including phenoxy) is 2. The van der Waals surface area contributed by atoms with Crippen LogP contribution in [-0.2, 0) is 10.3 Å². The number of hydrogen-bond acceptors (Lipinski definition) is 5. The number of urea groups is 1. The predicted octanol–water partition coefficient (Wildman–Crippen LogP) is 5.52. The van der Waals surface area contributed by atoms with Crippen LogP contribution in [0.2, 0.25) is 0 Å². The van der Waals surface area contributed by atoms with Crippen LogP contribution in [0.15, 0.2) is 42.5 Å². The molecule has 3 rings (SSSR count). The highest BCUT2D eigenvalue weighted by molar-refractivity contribution is 5.75. The fraction of sp³-hybridized carbons (Fsp3) is 0.581. The number of aliphatic hydroxyl groups is 1. The van der Waals surface area contributed by atoms with Gasteiger partial charge in [0.2, 0.25) is 0 Å². The molecular formula is C31H47N3O4. The standard InChI is InChI=1S/C31H47N3O4/c1-23-11-14-26(15-12-23)38-28-16-13-24(2)20-27(28)31(36,17-7-8-19-37-6)25-10-9-18-34(21-25)29(35)33-30(3,4)22-32-5/h11-16,20,25,32,36H,7-10,17-19,21-22H2,1-6H3,(H,33,35). The van der Waals surface area contributed by atoms with E-state index in [9.17, 15) is 9.90 Å². The van der Waals surface area contributed by atoms with E-state index in [0.717, 1.165) is 48.1 Å². The first-order valence-corrected chi connectivity index (χ1v) is 13.9. The van der Waals surface area contributed by atoms with Gasteiger partial charge in [0, 0.05) is 50.4 Å². The van der Waals surface area contributed by atoms with Gasteiger partial charge in [-0.05, 0) is 91.1 Å². The van der Waals surface area contributed by atoms with Crippen LogP contribution in [0.5, 0.6) is 11.5 Å². The number of likely N-dealkylation sites (N-methyl/N-ethyl adjacent to an activating group) is 1. The van der Waals surface area contributed by atoms with Gasteiger partial charge < -0.3 is 30.1 Å². The Morgan fingerprint density at radius 1 is 1.11 bits per heavy atom. The predicted molar refractivity (Wildman–Crippen MR) is 153 cm³/mol. The molecule has 7 heteroatoms. The number of unbranched alkanes of at least 4 members (excludes halogenated alkanes) is 1. The second kappa shape index (κ2) is 13.5. The van der Waals surface area contributed by atoms with Gasteiger partial charge in [0.1, 0.15) is 11.5 Å². The summed E-state index contributed by atoms with van der Waals surface area (Å²) >= 11 is 0. The zero-order valence-corrected chi connectivity index (χ0v) is 24.1. The molecule has 0 bridgehead atoms. The third-order valence-electron chi connectivity index (χ3n) is 7.45. The lowest BCUT2D eigenvalue weighted by atomic mass is 9.73. The number of carbonyl (C=O) groups is 1. The van der Waals surface area contributed by atoms with Crippen LogP contribution < -0.4 is 15.4 Å². The van der Waals surface area contributed by atoms with Crippen molar-refractivity contribution in [1.82, 2.24) is 15.5 Å². The number of likely N-dealkylation sites (tertiary alicyclic amines) is 1. The van der Waals surface area contributed by atoms with Gasteiger partial charge in [-0.1, -0.05) is 29.3 Å². The van der Waals surface area contributed by atoms with Gasteiger partial charge in [0.25, 0.3) is 0 Å². The molecule has 3 N–H and O–H groups in total. The van der Waals surface area contributed by atoms with Crippen molar-refractivity contribution in [3.63, 3.8) is 0 Å². The Morgan fingerprint density at radius 3 is 2.50 bits per heavy atom.